The van der Waals surface area contributed by atoms with E-state index < -0.39 is 0 Å². The van der Waals surface area contributed by atoms with E-state index >= 15 is 0 Å². The van der Waals surface area contributed by atoms with Gasteiger partial charge in [-0.2, -0.15) is 0 Å². The summed E-state index contributed by atoms with van der Waals surface area (Å²) in [6.45, 7) is 3.47. The molecule has 1 aromatic heterocycles. The Morgan fingerprint density at radius 1 is 1.50 bits per heavy atom. The van der Waals surface area contributed by atoms with Crippen LogP contribution in [0.5, 0.6) is 0 Å². The molecule has 2 rings (SSSR count). The number of benzene rings is 1. The predicted molar refractivity (Wildman–Crippen MR) is 53.1 cm³/mol. The minimum Gasteiger partial charge on any atom is -0.443 e. The first kappa shape index (κ1) is 8.94. The van der Waals surface area contributed by atoms with Crippen molar-refractivity contribution < 1.29 is 9.21 Å². The lowest BCUT2D eigenvalue weighted by Crippen LogP contribution is -2.04. The lowest BCUT2D eigenvalue weighted by atomic mass is 9.96. The summed E-state index contributed by atoms with van der Waals surface area (Å²) in [4.78, 5) is 15.4. The van der Waals surface area contributed by atoms with Crippen molar-refractivity contribution in [3.05, 3.63) is 30.2 Å². The second-order valence-corrected chi connectivity index (χ2v) is 3.38. The van der Waals surface area contributed by atoms with Gasteiger partial charge in [0, 0.05) is 5.92 Å². The molecule has 0 radical (unpaired) electrons. The second kappa shape index (κ2) is 3.25. The van der Waals surface area contributed by atoms with E-state index in [9.17, 15) is 4.79 Å². The van der Waals surface area contributed by atoms with E-state index in [1.165, 1.54) is 6.39 Å². The van der Waals surface area contributed by atoms with E-state index in [0.29, 0.717) is 0 Å². The van der Waals surface area contributed by atoms with Crippen molar-refractivity contribution in [3.8, 4) is 0 Å². The third-order valence-corrected chi connectivity index (χ3v) is 2.47. The molecule has 0 saturated carbocycles. The monoisotopic (exact) mass is 189 g/mol. The van der Waals surface area contributed by atoms with Gasteiger partial charge in [-0.25, -0.2) is 4.98 Å². The van der Waals surface area contributed by atoms with Gasteiger partial charge in [-0.1, -0.05) is 19.1 Å². The third-order valence-electron chi connectivity index (χ3n) is 2.47. The number of oxazole rings is 1. The Morgan fingerprint density at radius 2 is 2.29 bits per heavy atom. The van der Waals surface area contributed by atoms with Gasteiger partial charge in [-0.15, -0.1) is 0 Å². The Morgan fingerprint density at radius 3 is 3.00 bits per heavy atom. The fourth-order valence-electron chi connectivity index (χ4n) is 1.48. The average molecular weight is 189 g/mol. The molecule has 2 aromatic rings. The van der Waals surface area contributed by atoms with Gasteiger partial charge < -0.3 is 4.42 Å². The van der Waals surface area contributed by atoms with Gasteiger partial charge in [0.1, 0.15) is 11.3 Å². The average Bonchev–Trinajstić information content (AvgIpc) is 2.63. The molecular weight excluding hydrogens is 178 g/mol. The predicted octanol–water partition coefficient (Wildman–Crippen LogP) is 2.52. The van der Waals surface area contributed by atoms with Crippen LogP contribution in [0.4, 0.5) is 0 Å². The number of hydrogen-bond acceptors (Lipinski definition) is 3. The fourth-order valence-corrected chi connectivity index (χ4v) is 1.48. The highest BCUT2D eigenvalue weighted by molar-refractivity contribution is 5.88. The molecule has 3 nitrogen and oxygen atoms in total. The third kappa shape index (κ3) is 1.31. The molecule has 1 unspecified atom stereocenters. The minimum absolute atomic E-state index is 0.121. The first-order chi connectivity index (χ1) is 6.70. The Balaban J connectivity index is 2.61. The zero-order valence-electron chi connectivity index (χ0n) is 8.15. The van der Waals surface area contributed by atoms with Gasteiger partial charge in [0.2, 0.25) is 0 Å². The van der Waals surface area contributed by atoms with E-state index in [2.05, 4.69) is 4.98 Å². The number of para-hydroxylation sites is 1. The van der Waals surface area contributed by atoms with Crippen LogP contribution in [-0.2, 0) is 4.79 Å². The van der Waals surface area contributed by atoms with Crippen LogP contribution in [0.1, 0.15) is 25.3 Å². The highest BCUT2D eigenvalue weighted by atomic mass is 16.3. The summed E-state index contributed by atoms with van der Waals surface area (Å²) in [6, 6.07) is 5.64. The molecular formula is C11H11NO2. The Hall–Kier alpha value is -1.64. The van der Waals surface area contributed by atoms with Gasteiger partial charge in [-0.05, 0) is 18.6 Å². The molecule has 0 aliphatic carbocycles. The molecule has 0 N–H and O–H groups in total. The van der Waals surface area contributed by atoms with Gasteiger partial charge in [0.15, 0.2) is 12.0 Å². The molecule has 0 spiro atoms. The van der Waals surface area contributed by atoms with E-state index in [1.807, 2.05) is 25.1 Å². The van der Waals surface area contributed by atoms with Crippen LogP contribution >= 0.6 is 0 Å². The first-order valence-corrected chi connectivity index (χ1v) is 4.52. The van der Waals surface area contributed by atoms with Crippen molar-refractivity contribution >= 4 is 16.9 Å². The Bertz CT molecular complexity index is 473. The smallest absolute Gasteiger partial charge is 0.181 e. The number of aromatic nitrogens is 1. The number of Topliss-reactive ketones (excluding diaryl/α,β-unsaturated/α-hetero) is 1. The van der Waals surface area contributed by atoms with Gasteiger partial charge in [-0.3, -0.25) is 4.79 Å². The standard InChI is InChI=1S/C11H11NO2/c1-7(8(2)13)9-4-3-5-10-11(9)12-6-14-10/h3-7H,1-2H3. The molecule has 0 fully saturated rings. The van der Waals surface area contributed by atoms with Crippen molar-refractivity contribution in [1.82, 2.24) is 4.98 Å². The molecule has 0 bridgehead atoms. The summed E-state index contributed by atoms with van der Waals surface area (Å²) < 4.78 is 5.17. The summed E-state index contributed by atoms with van der Waals surface area (Å²) in [6.07, 6.45) is 1.40. The van der Waals surface area contributed by atoms with Crippen molar-refractivity contribution in [2.24, 2.45) is 0 Å². The van der Waals surface area contributed by atoms with E-state index in [0.717, 1.165) is 16.7 Å². The normalized spacial score (nSPS) is 13.0. The number of nitrogens with zero attached hydrogens (tertiary/aromatic N) is 1. The maximum Gasteiger partial charge on any atom is 0.181 e. The molecule has 0 aliphatic heterocycles. The summed E-state index contributed by atoms with van der Waals surface area (Å²) in [5, 5.41) is 0. The number of ketones is 1. The van der Waals surface area contributed by atoms with Crippen molar-refractivity contribution in [3.63, 3.8) is 0 Å². The summed E-state index contributed by atoms with van der Waals surface area (Å²) >= 11 is 0. The SMILES string of the molecule is CC(=O)C(C)c1cccc2ocnc12. The topological polar surface area (TPSA) is 43.1 Å². The zero-order valence-corrected chi connectivity index (χ0v) is 8.15. The van der Waals surface area contributed by atoms with Gasteiger partial charge in [0.05, 0.1) is 0 Å². The van der Waals surface area contributed by atoms with E-state index in [4.69, 9.17) is 4.42 Å². The number of rotatable bonds is 2. The van der Waals surface area contributed by atoms with Crippen molar-refractivity contribution in [1.29, 1.82) is 0 Å². The minimum atomic E-state index is -0.121. The molecule has 1 atom stereocenters. The van der Waals surface area contributed by atoms with Crippen LogP contribution in [0.2, 0.25) is 0 Å². The van der Waals surface area contributed by atoms with Crippen LogP contribution in [0, 0.1) is 0 Å². The maximum absolute atomic E-state index is 11.3. The van der Waals surface area contributed by atoms with E-state index in [-0.39, 0.29) is 11.7 Å². The molecule has 0 amide bonds. The molecule has 3 heteroatoms. The molecule has 0 saturated heterocycles. The van der Waals surface area contributed by atoms with E-state index in [1.54, 1.807) is 6.92 Å². The highest BCUT2D eigenvalue weighted by Gasteiger charge is 2.15. The Kier molecular flexibility index (Phi) is 2.08. The molecule has 72 valence electrons. The fraction of sp³-hybridized carbons (Fsp3) is 0.273. The van der Waals surface area contributed by atoms with Crippen LogP contribution in [-0.4, -0.2) is 10.8 Å². The van der Waals surface area contributed by atoms with Crippen molar-refractivity contribution in [2.75, 3.05) is 0 Å². The molecule has 14 heavy (non-hydrogen) atoms. The first-order valence-electron chi connectivity index (χ1n) is 4.52. The van der Waals surface area contributed by atoms with Crippen molar-refractivity contribution in [2.45, 2.75) is 19.8 Å². The quantitative estimate of drug-likeness (QED) is 0.729. The number of hydrogen-bond donors (Lipinski definition) is 0. The second-order valence-electron chi connectivity index (χ2n) is 3.38. The molecule has 0 aliphatic rings. The largest absolute Gasteiger partial charge is 0.443 e. The lowest BCUT2D eigenvalue weighted by molar-refractivity contribution is -0.118. The summed E-state index contributed by atoms with van der Waals surface area (Å²) in [5.74, 6) is 0.0179. The lowest BCUT2D eigenvalue weighted by Gasteiger charge is -2.07. The van der Waals surface area contributed by atoms with Crippen LogP contribution < -0.4 is 0 Å². The number of fused-ring (bicyclic) bond motifs is 1. The summed E-state index contributed by atoms with van der Waals surface area (Å²) in [5.41, 5.74) is 2.45. The van der Waals surface area contributed by atoms with Gasteiger partial charge >= 0.3 is 0 Å². The highest BCUT2D eigenvalue weighted by Crippen LogP contribution is 2.24. The van der Waals surface area contributed by atoms with Gasteiger partial charge in [0.25, 0.3) is 0 Å². The summed E-state index contributed by atoms with van der Waals surface area (Å²) in [7, 11) is 0. The zero-order chi connectivity index (χ0) is 10.1. The van der Waals surface area contributed by atoms with Crippen LogP contribution in [0.15, 0.2) is 29.0 Å². The number of carbonyl (C=O) groups excluding carboxylic acids is 1. The molecule has 1 aromatic carbocycles. The number of carbonyl (C=O) groups is 1. The van der Waals surface area contributed by atoms with Crippen LogP contribution in [0.25, 0.3) is 11.1 Å². The maximum atomic E-state index is 11.3. The molecule has 1 heterocycles. The Labute approximate surface area is 81.7 Å². The van der Waals surface area contributed by atoms with Crippen LogP contribution in [0.3, 0.4) is 0 Å².